The van der Waals surface area contributed by atoms with Crippen molar-refractivity contribution in [2.75, 3.05) is 4.72 Å². The summed E-state index contributed by atoms with van der Waals surface area (Å²) in [6.07, 6.45) is 1.42. The Kier molecular flexibility index (Phi) is 4.16. The van der Waals surface area contributed by atoms with Gasteiger partial charge in [-0.2, -0.15) is 5.10 Å². The summed E-state index contributed by atoms with van der Waals surface area (Å²) in [4.78, 5) is 12.4. The average Bonchev–Trinajstić information content (AvgIpc) is 3.00. The molecule has 3 rings (SSSR count). The van der Waals surface area contributed by atoms with Gasteiger partial charge < -0.3 is 0 Å². The Balaban J connectivity index is 2.10. The van der Waals surface area contributed by atoms with Gasteiger partial charge in [-0.05, 0) is 45.4 Å². The van der Waals surface area contributed by atoms with Gasteiger partial charge in [0, 0.05) is 12.7 Å². The number of anilines is 1. The number of hydrogen-bond acceptors (Lipinski definition) is 4. The fourth-order valence-electron chi connectivity index (χ4n) is 2.76. The van der Waals surface area contributed by atoms with Crippen LogP contribution in [-0.2, 0) is 16.6 Å². The lowest BCUT2D eigenvalue weighted by atomic mass is 10.1. The Morgan fingerprint density at radius 3 is 2.52 bits per heavy atom. The molecule has 7 nitrogen and oxygen atoms in total. The van der Waals surface area contributed by atoms with E-state index in [0.717, 1.165) is 11.1 Å². The Bertz CT molecular complexity index is 1130. The summed E-state index contributed by atoms with van der Waals surface area (Å²) < 4.78 is 30.9. The Morgan fingerprint density at radius 1 is 1.16 bits per heavy atom. The van der Waals surface area contributed by atoms with E-state index < -0.39 is 10.0 Å². The molecule has 0 spiro atoms. The molecule has 2 heterocycles. The molecule has 0 bridgehead atoms. The first-order valence-corrected chi connectivity index (χ1v) is 9.41. The van der Waals surface area contributed by atoms with Gasteiger partial charge in [-0.15, -0.1) is 0 Å². The lowest BCUT2D eigenvalue weighted by molar-refractivity contribution is 0.592. The minimum Gasteiger partial charge on any atom is -0.298 e. The number of aryl methyl sites for hydroxylation is 4. The second kappa shape index (κ2) is 6.03. The van der Waals surface area contributed by atoms with Crippen LogP contribution in [0.3, 0.4) is 0 Å². The standard InChI is InChI=1S/C17H20N4O3S/c1-5-21-17(22)16-9-14(10-20(16)13(4)18-21)25(23,24)19-15-7-6-11(2)8-12(15)3/h6-10,19H,5H2,1-4H3. The molecule has 8 heteroatoms. The lowest BCUT2D eigenvalue weighted by Gasteiger charge is -2.09. The van der Waals surface area contributed by atoms with Crippen molar-refractivity contribution in [2.24, 2.45) is 0 Å². The summed E-state index contributed by atoms with van der Waals surface area (Å²) in [5.41, 5.74) is 2.37. The van der Waals surface area contributed by atoms with Gasteiger partial charge >= 0.3 is 0 Å². The fraction of sp³-hybridized carbons (Fsp3) is 0.294. The minimum atomic E-state index is -3.81. The number of aromatic nitrogens is 3. The third-order valence-electron chi connectivity index (χ3n) is 4.10. The molecule has 1 N–H and O–H groups in total. The van der Waals surface area contributed by atoms with Crippen LogP contribution in [-0.4, -0.2) is 22.6 Å². The topological polar surface area (TPSA) is 85.5 Å². The van der Waals surface area contributed by atoms with Crippen LogP contribution in [0.4, 0.5) is 5.69 Å². The number of rotatable bonds is 4. The quantitative estimate of drug-likeness (QED) is 0.773. The second-order valence-electron chi connectivity index (χ2n) is 6.02. The van der Waals surface area contributed by atoms with E-state index >= 15 is 0 Å². The van der Waals surface area contributed by atoms with E-state index in [-0.39, 0.29) is 16.0 Å². The molecule has 3 aromatic rings. The molecule has 0 amide bonds. The number of benzene rings is 1. The molecule has 0 aliphatic heterocycles. The highest BCUT2D eigenvalue weighted by molar-refractivity contribution is 7.92. The summed E-state index contributed by atoms with van der Waals surface area (Å²) in [6.45, 7) is 7.75. The van der Waals surface area contributed by atoms with E-state index in [4.69, 9.17) is 0 Å². The molecule has 0 aliphatic rings. The van der Waals surface area contributed by atoms with Gasteiger partial charge in [0.05, 0.1) is 5.69 Å². The van der Waals surface area contributed by atoms with Crippen LogP contribution in [0.25, 0.3) is 5.52 Å². The molecule has 25 heavy (non-hydrogen) atoms. The Morgan fingerprint density at radius 2 is 1.88 bits per heavy atom. The zero-order chi connectivity index (χ0) is 18.4. The van der Waals surface area contributed by atoms with Crippen LogP contribution in [0, 0.1) is 20.8 Å². The molecule has 0 atom stereocenters. The monoisotopic (exact) mass is 360 g/mol. The van der Waals surface area contributed by atoms with Gasteiger partial charge in [0.25, 0.3) is 15.6 Å². The van der Waals surface area contributed by atoms with Crippen molar-refractivity contribution in [3.63, 3.8) is 0 Å². The predicted octanol–water partition coefficient (Wildman–Crippen LogP) is 2.24. The zero-order valence-corrected chi connectivity index (χ0v) is 15.4. The first-order chi connectivity index (χ1) is 11.7. The molecular formula is C17H20N4O3S. The molecule has 0 unspecified atom stereocenters. The zero-order valence-electron chi connectivity index (χ0n) is 14.6. The average molecular weight is 360 g/mol. The van der Waals surface area contributed by atoms with Gasteiger partial charge in [0.2, 0.25) is 0 Å². The third kappa shape index (κ3) is 3.05. The van der Waals surface area contributed by atoms with E-state index in [0.29, 0.717) is 18.1 Å². The molecule has 132 valence electrons. The van der Waals surface area contributed by atoms with Crippen molar-refractivity contribution >= 4 is 21.2 Å². The summed E-state index contributed by atoms with van der Waals surface area (Å²) >= 11 is 0. The number of fused-ring (bicyclic) bond motifs is 1. The van der Waals surface area contributed by atoms with Gasteiger partial charge in [-0.25, -0.2) is 13.1 Å². The molecule has 0 fully saturated rings. The van der Waals surface area contributed by atoms with Crippen molar-refractivity contribution in [1.82, 2.24) is 14.2 Å². The van der Waals surface area contributed by atoms with Gasteiger partial charge in [0.1, 0.15) is 16.2 Å². The highest BCUT2D eigenvalue weighted by atomic mass is 32.2. The van der Waals surface area contributed by atoms with Crippen LogP contribution in [0.15, 0.2) is 40.2 Å². The molecule has 0 aliphatic carbocycles. The second-order valence-corrected chi connectivity index (χ2v) is 7.71. The molecule has 0 saturated carbocycles. The Hall–Kier alpha value is -2.61. The van der Waals surface area contributed by atoms with E-state index in [1.807, 2.05) is 32.9 Å². The number of hydrogen-bond donors (Lipinski definition) is 1. The minimum absolute atomic E-state index is 0.0309. The molecule has 1 aromatic carbocycles. The van der Waals surface area contributed by atoms with Crippen LogP contribution >= 0.6 is 0 Å². The van der Waals surface area contributed by atoms with Crippen molar-refractivity contribution < 1.29 is 8.42 Å². The van der Waals surface area contributed by atoms with E-state index in [1.165, 1.54) is 21.3 Å². The largest absolute Gasteiger partial charge is 0.298 e. The smallest absolute Gasteiger partial charge is 0.291 e. The van der Waals surface area contributed by atoms with E-state index in [1.54, 1.807) is 13.0 Å². The molecule has 2 aromatic heterocycles. The van der Waals surface area contributed by atoms with E-state index in [2.05, 4.69) is 9.82 Å². The highest BCUT2D eigenvalue weighted by Crippen LogP contribution is 2.22. The van der Waals surface area contributed by atoms with Crippen molar-refractivity contribution in [1.29, 1.82) is 0 Å². The van der Waals surface area contributed by atoms with Crippen molar-refractivity contribution in [3.05, 3.63) is 57.8 Å². The molecule has 0 saturated heterocycles. The van der Waals surface area contributed by atoms with Gasteiger partial charge in [-0.3, -0.25) is 13.9 Å². The Labute approximate surface area is 146 Å². The summed E-state index contributed by atoms with van der Waals surface area (Å²) in [5.74, 6) is 0.546. The summed E-state index contributed by atoms with van der Waals surface area (Å²) in [6, 6.07) is 6.86. The fourth-order valence-corrected chi connectivity index (χ4v) is 3.91. The highest BCUT2D eigenvalue weighted by Gasteiger charge is 2.20. The number of sulfonamides is 1. The predicted molar refractivity (Wildman–Crippen MR) is 96.6 cm³/mol. The van der Waals surface area contributed by atoms with Crippen LogP contribution in [0.1, 0.15) is 23.9 Å². The normalized spacial score (nSPS) is 11.8. The first-order valence-electron chi connectivity index (χ1n) is 7.93. The summed E-state index contributed by atoms with van der Waals surface area (Å²) in [7, 11) is -3.81. The van der Waals surface area contributed by atoms with Gasteiger partial charge in [0.15, 0.2) is 0 Å². The lowest BCUT2D eigenvalue weighted by Crippen LogP contribution is -2.25. The number of nitrogens with zero attached hydrogens (tertiary/aromatic N) is 3. The van der Waals surface area contributed by atoms with Crippen molar-refractivity contribution in [3.8, 4) is 0 Å². The maximum atomic E-state index is 12.7. The maximum Gasteiger partial charge on any atom is 0.291 e. The maximum absolute atomic E-state index is 12.7. The van der Waals surface area contributed by atoms with Gasteiger partial charge in [-0.1, -0.05) is 17.7 Å². The van der Waals surface area contributed by atoms with Crippen LogP contribution < -0.4 is 10.3 Å². The molecular weight excluding hydrogens is 340 g/mol. The van der Waals surface area contributed by atoms with Crippen LogP contribution in [0.5, 0.6) is 0 Å². The van der Waals surface area contributed by atoms with E-state index in [9.17, 15) is 13.2 Å². The SMILES string of the molecule is CCn1nc(C)n2cc(S(=O)(=O)Nc3ccc(C)cc3C)cc2c1=O. The number of nitrogens with one attached hydrogen (secondary N) is 1. The van der Waals surface area contributed by atoms with Crippen molar-refractivity contribution in [2.45, 2.75) is 39.1 Å². The molecule has 0 radical (unpaired) electrons. The summed E-state index contributed by atoms with van der Waals surface area (Å²) in [5, 5.41) is 4.17. The first kappa shape index (κ1) is 17.2. The van der Waals surface area contributed by atoms with Crippen LogP contribution in [0.2, 0.25) is 0 Å². The third-order valence-corrected chi connectivity index (χ3v) is 5.43.